The molecular weight excluding hydrogens is 256 g/mol. The average Bonchev–Trinajstić information content (AvgIpc) is 3.23. The normalized spacial score (nSPS) is 35.3. The summed E-state index contributed by atoms with van der Waals surface area (Å²) in [4.78, 5) is 11.4. The first-order valence-electron chi connectivity index (χ1n) is 8.08. The van der Waals surface area contributed by atoms with E-state index in [1.165, 1.54) is 32.1 Å². The summed E-state index contributed by atoms with van der Waals surface area (Å²) < 4.78 is 11.2. The molecule has 20 heavy (non-hydrogen) atoms. The van der Waals surface area contributed by atoms with Gasteiger partial charge in [0.25, 0.3) is 0 Å². The molecule has 2 aliphatic heterocycles. The molecule has 1 N–H and O–H groups in total. The lowest BCUT2D eigenvalue weighted by molar-refractivity contribution is -0.143. The summed E-state index contributed by atoms with van der Waals surface area (Å²) in [6, 6.07) is 0. The topological polar surface area (TPSA) is 62.4 Å². The van der Waals surface area contributed by atoms with Gasteiger partial charge in [-0.2, -0.15) is 0 Å². The molecule has 116 valence electrons. The van der Waals surface area contributed by atoms with E-state index in [9.17, 15) is 9.90 Å². The molecule has 0 aromatic rings. The largest absolute Gasteiger partial charge is 0.479 e. The van der Waals surface area contributed by atoms with Gasteiger partial charge in [-0.05, 0) is 18.8 Å². The molecule has 4 nitrogen and oxygen atoms in total. The number of epoxide rings is 2. The van der Waals surface area contributed by atoms with Crippen LogP contribution in [0.25, 0.3) is 0 Å². The van der Waals surface area contributed by atoms with Crippen LogP contribution in [0, 0.1) is 5.92 Å². The fourth-order valence-electron chi connectivity index (χ4n) is 3.16. The van der Waals surface area contributed by atoms with Crippen molar-refractivity contribution in [3.8, 4) is 0 Å². The minimum absolute atomic E-state index is 0.0241. The van der Waals surface area contributed by atoms with Crippen molar-refractivity contribution in [3.05, 3.63) is 0 Å². The van der Waals surface area contributed by atoms with Gasteiger partial charge in [0.15, 0.2) is 5.60 Å². The number of hydrogen-bond donors (Lipinski definition) is 1. The Balaban J connectivity index is 1.69. The lowest BCUT2D eigenvalue weighted by Gasteiger charge is -2.09. The second-order valence-corrected chi connectivity index (χ2v) is 6.67. The zero-order valence-corrected chi connectivity index (χ0v) is 12.9. The van der Waals surface area contributed by atoms with E-state index in [1.54, 1.807) is 0 Å². The third-order valence-electron chi connectivity index (χ3n) is 4.33. The number of ether oxygens (including phenoxy) is 2. The van der Waals surface area contributed by atoms with Crippen molar-refractivity contribution in [2.75, 3.05) is 0 Å². The highest BCUT2D eigenvalue weighted by atomic mass is 16.7. The van der Waals surface area contributed by atoms with Gasteiger partial charge in [0.2, 0.25) is 0 Å². The molecule has 0 aromatic carbocycles. The van der Waals surface area contributed by atoms with Gasteiger partial charge in [0.05, 0.1) is 6.10 Å². The van der Waals surface area contributed by atoms with Gasteiger partial charge >= 0.3 is 5.97 Å². The van der Waals surface area contributed by atoms with Gasteiger partial charge < -0.3 is 14.6 Å². The lowest BCUT2D eigenvalue weighted by atomic mass is 9.91. The first-order valence-corrected chi connectivity index (χ1v) is 8.08. The molecule has 0 radical (unpaired) electrons. The monoisotopic (exact) mass is 284 g/mol. The zero-order chi connectivity index (χ0) is 14.8. The number of carbonyl (C=O) groups is 1. The minimum Gasteiger partial charge on any atom is -0.479 e. The van der Waals surface area contributed by atoms with Gasteiger partial charge in [0.1, 0.15) is 12.2 Å². The maximum atomic E-state index is 11.4. The molecule has 0 bridgehead atoms. The van der Waals surface area contributed by atoms with Crippen LogP contribution >= 0.6 is 0 Å². The average molecular weight is 284 g/mol. The quantitative estimate of drug-likeness (QED) is 0.493. The predicted molar refractivity (Wildman–Crippen MR) is 76.7 cm³/mol. The Morgan fingerprint density at radius 3 is 2.55 bits per heavy atom. The number of unbranched alkanes of at least 4 members (excludes halogenated alkanes) is 4. The van der Waals surface area contributed by atoms with Gasteiger partial charge in [-0.15, -0.1) is 0 Å². The Labute approximate surface area is 121 Å². The van der Waals surface area contributed by atoms with Crippen molar-refractivity contribution in [2.45, 2.75) is 89.6 Å². The number of carboxylic acid groups (broad SMARTS) is 1. The number of rotatable bonds is 10. The van der Waals surface area contributed by atoms with Crippen LogP contribution in [0.2, 0.25) is 0 Å². The predicted octanol–water partition coefficient (Wildman–Crippen LogP) is 3.38. The van der Waals surface area contributed by atoms with Crippen molar-refractivity contribution in [1.82, 2.24) is 0 Å². The van der Waals surface area contributed by atoms with E-state index < -0.39 is 11.6 Å². The van der Waals surface area contributed by atoms with E-state index in [1.807, 2.05) is 13.8 Å². The maximum Gasteiger partial charge on any atom is 0.338 e. The van der Waals surface area contributed by atoms with E-state index in [0.29, 0.717) is 12.3 Å². The second-order valence-electron chi connectivity index (χ2n) is 6.67. The summed E-state index contributed by atoms with van der Waals surface area (Å²) in [5.74, 6) is -0.504. The Morgan fingerprint density at radius 1 is 1.25 bits per heavy atom. The van der Waals surface area contributed by atoms with E-state index in [-0.39, 0.29) is 18.3 Å². The molecule has 0 aliphatic carbocycles. The molecular formula is C16H28O4. The van der Waals surface area contributed by atoms with Gasteiger partial charge in [0, 0.05) is 0 Å². The van der Waals surface area contributed by atoms with Crippen molar-refractivity contribution < 1.29 is 19.4 Å². The third kappa shape index (κ3) is 3.53. The Morgan fingerprint density at radius 2 is 1.95 bits per heavy atom. The van der Waals surface area contributed by atoms with Crippen LogP contribution in [0.5, 0.6) is 0 Å². The summed E-state index contributed by atoms with van der Waals surface area (Å²) in [6.07, 6.45) is 7.95. The van der Waals surface area contributed by atoms with Crippen LogP contribution in [-0.2, 0) is 14.3 Å². The van der Waals surface area contributed by atoms with Crippen LogP contribution in [0.4, 0.5) is 0 Å². The molecule has 2 heterocycles. The zero-order valence-electron chi connectivity index (χ0n) is 12.9. The van der Waals surface area contributed by atoms with Crippen molar-refractivity contribution in [1.29, 1.82) is 0 Å². The van der Waals surface area contributed by atoms with Crippen molar-refractivity contribution >= 4 is 5.97 Å². The van der Waals surface area contributed by atoms with Crippen LogP contribution in [0.3, 0.4) is 0 Å². The van der Waals surface area contributed by atoms with Crippen LogP contribution < -0.4 is 0 Å². The fraction of sp³-hybridized carbons (Fsp3) is 0.938. The van der Waals surface area contributed by atoms with E-state index in [4.69, 9.17) is 9.47 Å². The summed E-state index contributed by atoms with van der Waals surface area (Å²) in [5, 5.41) is 9.38. The highest BCUT2D eigenvalue weighted by Gasteiger charge is 2.71. The van der Waals surface area contributed by atoms with Gasteiger partial charge in [-0.25, -0.2) is 4.79 Å². The van der Waals surface area contributed by atoms with E-state index in [0.717, 1.165) is 6.42 Å². The van der Waals surface area contributed by atoms with Crippen LogP contribution in [0.15, 0.2) is 0 Å². The SMILES string of the molecule is CCCCCCCC1OC1C1OC1(CC(C)C)C(=O)O. The molecule has 4 unspecified atom stereocenters. The number of aliphatic carboxylic acids is 1. The number of carboxylic acids is 1. The second kappa shape index (κ2) is 6.44. The first-order chi connectivity index (χ1) is 9.51. The first kappa shape index (κ1) is 15.8. The minimum atomic E-state index is -0.963. The highest BCUT2D eigenvalue weighted by molar-refractivity contribution is 5.81. The maximum absolute atomic E-state index is 11.4. The van der Waals surface area contributed by atoms with Gasteiger partial charge in [-0.1, -0.05) is 52.9 Å². The molecule has 0 saturated carbocycles. The molecule has 0 aromatic heterocycles. The molecule has 2 rings (SSSR count). The summed E-state index contributed by atoms with van der Waals surface area (Å²) in [6.45, 7) is 6.27. The molecule has 2 aliphatic rings. The van der Waals surface area contributed by atoms with Crippen LogP contribution in [-0.4, -0.2) is 35.0 Å². The summed E-state index contributed by atoms with van der Waals surface area (Å²) >= 11 is 0. The molecule has 4 heteroatoms. The van der Waals surface area contributed by atoms with Crippen LogP contribution in [0.1, 0.15) is 65.7 Å². The van der Waals surface area contributed by atoms with Crippen molar-refractivity contribution in [3.63, 3.8) is 0 Å². The lowest BCUT2D eigenvalue weighted by Crippen LogP contribution is -2.31. The molecule has 2 fully saturated rings. The highest BCUT2D eigenvalue weighted by Crippen LogP contribution is 2.51. The smallest absolute Gasteiger partial charge is 0.338 e. The molecule has 4 atom stereocenters. The summed E-state index contributed by atoms with van der Waals surface area (Å²) in [5.41, 5.74) is -0.963. The van der Waals surface area contributed by atoms with E-state index in [2.05, 4.69) is 6.92 Å². The summed E-state index contributed by atoms with van der Waals surface area (Å²) in [7, 11) is 0. The standard InChI is InChI=1S/C16H28O4/c1-4-5-6-7-8-9-12-13(19-12)14-16(20-14,15(17)18)10-11(2)3/h11-14H,4-10H2,1-3H3,(H,17,18). The van der Waals surface area contributed by atoms with E-state index >= 15 is 0 Å². The Kier molecular flexibility index (Phi) is 5.08. The van der Waals surface area contributed by atoms with Gasteiger partial charge in [-0.3, -0.25) is 0 Å². The number of hydrogen-bond acceptors (Lipinski definition) is 3. The molecule has 0 amide bonds. The molecule has 2 saturated heterocycles. The fourth-order valence-corrected chi connectivity index (χ4v) is 3.16. The Bertz CT molecular complexity index is 341. The van der Waals surface area contributed by atoms with Crippen molar-refractivity contribution in [2.24, 2.45) is 5.92 Å². The Hall–Kier alpha value is -0.610. The third-order valence-corrected chi connectivity index (χ3v) is 4.33. The molecule has 0 spiro atoms.